The van der Waals surface area contributed by atoms with E-state index in [0.717, 1.165) is 22.2 Å². The maximum atomic E-state index is 12.8. The van der Waals surface area contributed by atoms with Crippen LogP contribution < -0.4 is 0 Å². The van der Waals surface area contributed by atoms with Crippen molar-refractivity contribution in [2.24, 2.45) is 7.05 Å². The Bertz CT molecular complexity index is 870. The van der Waals surface area contributed by atoms with Crippen molar-refractivity contribution in [3.8, 4) is 0 Å². The van der Waals surface area contributed by atoms with Gasteiger partial charge in [-0.15, -0.1) is 6.58 Å². The Morgan fingerprint density at radius 3 is 2.88 bits per heavy atom. The molecule has 24 heavy (non-hydrogen) atoms. The Kier molecular flexibility index (Phi) is 3.25. The molecule has 3 heterocycles. The predicted molar refractivity (Wildman–Crippen MR) is 89.2 cm³/mol. The number of amides is 2. The molecule has 2 aliphatic heterocycles. The highest BCUT2D eigenvalue weighted by atomic mass is 16.7. The van der Waals surface area contributed by atoms with Crippen LogP contribution in [0.4, 0.5) is 4.79 Å². The van der Waals surface area contributed by atoms with Crippen molar-refractivity contribution in [2.75, 3.05) is 13.2 Å². The molecule has 1 fully saturated rings. The van der Waals surface area contributed by atoms with E-state index in [1.54, 1.807) is 11.0 Å². The van der Waals surface area contributed by atoms with Crippen LogP contribution in [0.5, 0.6) is 0 Å². The van der Waals surface area contributed by atoms with Gasteiger partial charge < -0.3 is 9.47 Å². The van der Waals surface area contributed by atoms with Crippen LogP contribution in [0.1, 0.15) is 30.3 Å². The molecule has 1 saturated heterocycles. The first-order valence-corrected chi connectivity index (χ1v) is 7.97. The molecule has 0 radical (unpaired) electrons. The van der Waals surface area contributed by atoms with Crippen LogP contribution in [0.3, 0.4) is 0 Å². The van der Waals surface area contributed by atoms with E-state index in [-0.39, 0.29) is 24.5 Å². The molecular weight excluding hydrogens is 306 g/mol. The number of carbonyl (C=O) groups is 2. The predicted octanol–water partition coefficient (Wildman–Crippen LogP) is 2.72. The molecule has 4 rings (SSSR count). The number of ketones is 1. The number of Topliss-reactive ketones (excluding diaryl/α,β-unsaturated/α-hetero) is 1. The van der Waals surface area contributed by atoms with Crippen LogP contribution in [0.2, 0.25) is 0 Å². The summed E-state index contributed by atoms with van der Waals surface area (Å²) in [5, 5.41) is 2.41. The Morgan fingerprint density at radius 2 is 2.17 bits per heavy atom. The topological polar surface area (TPSA) is 54.8 Å². The van der Waals surface area contributed by atoms with E-state index >= 15 is 0 Å². The zero-order valence-electron chi connectivity index (χ0n) is 13.7. The molecular formula is C18H19N3O3. The smallest absolute Gasteiger partial charge is 0.345 e. The van der Waals surface area contributed by atoms with Crippen LogP contribution in [-0.4, -0.2) is 39.5 Å². The number of hydroxylamine groups is 2. The molecule has 1 aromatic carbocycles. The minimum atomic E-state index is -0.563. The number of hydrogen-bond donors (Lipinski definition) is 0. The van der Waals surface area contributed by atoms with Gasteiger partial charge in [-0.25, -0.2) is 4.79 Å². The molecule has 1 unspecified atom stereocenters. The summed E-state index contributed by atoms with van der Waals surface area (Å²) in [7, 11) is 1.97. The Balaban J connectivity index is 1.97. The summed E-state index contributed by atoms with van der Waals surface area (Å²) in [6.45, 7) is 5.88. The standard InChI is InChI=1S/C18H19N3O3/c1-4-9-24-21-14-10-20(18(21)23)16(11(2)22)15-12-7-5-6-8-13(12)19(3)17(14)15/h4-8,14,16H,1,9-10H2,2-3H3/t14?,16-/m1/s1. The molecule has 0 spiro atoms. The number of benzene rings is 1. The molecule has 6 nitrogen and oxygen atoms in total. The lowest BCUT2D eigenvalue weighted by molar-refractivity contribution is -0.121. The van der Waals surface area contributed by atoms with Gasteiger partial charge in [0.05, 0.1) is 18.8 Å². The molecule has 0 aliphatic carbocycles. The van der Waals surface area contributed by atoms with Gasteiger partial charge >= 0.3 is 6.03 Å². The third-order valence-corrected chi connectivity index (χ3v) is 4.90. The summed E-state index contributed by atoms with van der Waals surface area (Å²) in [6, 6.07) is 6.93. The Morgan fingerprint density at radius 1 is 1.42 bits per heavy atom. The van der Waals surface area contributed by atoms with E-state index in [1.165, 1.54) is 12.0 Å². The number of nitrogens with zero attached hydrogens (tertiary/aromatic N) is 3. The second kappa shape index (κ2) is 5.21. The zero-order valence-corrected chi connectivity index (χ0v) is 13.7. The minimum Gasteiger partial charge on any atom is -0.345 e. The molecule has 2 bridgehead atoms. The van der Waals surface area contributed by atoms with Gasteiger partial charge in [-0.1, -0.05) is 24.3 Å². The maximum Gasteiger partial charge on any atom is 0.345 e. The Labute approximate surface area is 139 Å². The van der Waals surface area contributed by atoms with Gasteiger partial charge in [0.15, 0.2) is 5.78 Å². The number of para-hydroxylation sites is 1. The van der Waals surface area contributed by atoms with Crippen molar-refractivity contribution < 1.29 is 14.4 Å². The molecule has 0 saturated carbocycles. The van der Waals surface area contributed by atoms with Gasteiger partial charge in [-0.2, -0.15) is 5.06 Å². The first-order valence-electron chi connectivity index (χ1n) is 7.97. The van der Waals surface area contributed by atoms with Crippen molar-refractivity contribution in [2.45, 2.75) is 19.0 Å². The first-order chi connectivity index (χ1) is 11.6. The van der Waals surface area contributed by atoms with Gasteiger partial charge in [0.1, 0.15) is 12.1 Å². The summed E-state index contributed by atoms with van der Waals surface area (Å²) in [5.74, 6) is -0.0371. The summed E-state index contributed by atoms with van der Waals surface area (Å²) in [5.41, 5.74) is 2.95. The minimum absolute atomic E-state index is 0.0371. The summed E-state index contributed by atoms with van der Waals surface area (Å²) in [6.07, 6.45) is 1.61. The van der Waals surface area contributed by atoms with Gasteiger partial charge in [-0.3, -0.25) is 9.63 Å². The molecule has 2 amide bonds. The largest absolute Gasteiger partial charge is 0.345 e. The van der Waals surface area contributed by atoms with Gasteiger partial charge in [0.2, 0.25) is 0 Å². The summed E-state index contributed by atoms with van der Waals surface area (Å²) in [4.78, 5) is 32.4. The highest BCUT2D eigenvalue weighted by Gasteiger charge is 2.52. The maximum absolute atomic E-state index is 12.8. The second-order valence-electron chi connectivity index (χ2n) is 6.25. The molecule has 2 aromatic rings. The fourth-order valence-corrected chi connectivity index (χ4v) is 4.00. The highest BCUT2D eigenvalue weighted by molar-refractivity contribution is 5.97. The van der Waals surface area contributed by atoms with Gasteiger partial charge in [0, 0.05) is 23.5 Å². The molecule has 0 N–H and O–H groups in total. The number of aromatic nitrogens is 1. The molecule has 124 valence electrons. The number of fused-ring (bicyclic) bond motifs is 6. The second-order valence-corrected chi connectivity index (χ2v) is 6.25. The van der Waals surface area contributed by atoms with Crippen molar-refractivity contribution in [1.29, 1.82) is 0 Å². The van der Waals surface area contributed by atoms with Crippen molar-refractivity contribution >= 4 is 22.7 Å². The quantitative estimate of drug-likeness (QED) is 0.812. The van der Waals surface area contributed by atoms with E-state index in [1.807, 2.05) is 31.3 Å². The van der Waals surface area contributed by atoms with Crippen molar-refractivity contribution in [1.82, 2.24) is 14.5 Å². The zero-order chi connectivity index (χ0) is 17.0. The first kappa shape index (κ1) is 15.0. The van der Waals surface area contributed by atoms with Crippen LogP contribution in [0.15, 0.2) is 36.9 Å². The average Bonchev–Trinajstić information content (AvgIpc) is 3.01. The number of aryl methyl sites for hydroxylation is 1. The molecule has 2 atom stereocenters. The van der Waals surface area contributed by atoms with E-state index in [2.05, 4.69) is 11.1 Å². The van der Waals surface area contributed by atoms with Crippen LogP contribution in [0.25, 0.3) is 10.9 Å². The number of hydrogen-bond acceptors (Lipinski definition) is 3. The fraction of sp³-hybridized carbons (Fsp3) is 0.333. The third-order valence-electron chi connectivity index (χ3n) is 4.90. The highest BCUT2D eigenvalue weighted by Crippen LogP contribution is 2.47. The van der Waals surface area contributed by atoms with E-state index < -0.39 is 6.04 Å². The molecule has 6 heteroatoms. The van der Waals surface area contributed by atoms with Gasteiger partial charge in [-0.05, 0) is 13.0 Å². The lowest BCUT2D eigenvalue weighted by atomic mass is 9.92. The van der Waals surface area contributed by atoms with E-state index in [9.17, 15) is 9.59 Å². The van der Waals surface area contributed by atoms with Crippen LogP contribution in [0, 0.1) is 0 Å². The number of carbonyl (C=O) groups excluding carboxylic acids is 2. The third kappa shape index (κ3) is 1.80. The summed E-state index contributed by atoms with van der Waals surface area (Å²) >= 11 is 0. The van der Waals surface area contributed by atoms with E-state index in [4.69, 9.17) is 4.84 Å². The summed E-state index contributed by atoms with van der Waals surface area (Å²) < 4.78 is 2.07. The normalized spacial score (nSPS) is 22.2. The van der Waals surface area contributed by atoms with Gasteiger partial charge in [0.25, 0.3) is 0 Å². The fourth-order valence-electron chi connectivity index (χ4n) is 4.00. The van der Waals surface area contributed by atoms with Crippen LogP contribution in [-0.2, 0) is 16.7 Å². The molecule has 1 aromatic heterocycles. The van der Waals surface area contributed by atoms with Crippen molar-refractivity contribution in [3.05, 3.63) is 48.2 Å². The Hall–Kier alpha value is -2.60. The van der Waals surface area contributed by atoms with Crippen LogP contribution >= 0.6 is 0 Å². The van der Waals surface area contributed by atoms with Crippen molar-refractivity contribution in [3.63, 3.8) is 0 Å². The monoisotopic (exact) mass is 325 g/mol. The SMILES string of the molecule is C=CCON1C(=O)N2CC1c1c(c3ccccc3n1C)[C@H]2C(C)=O. The number of urea groups is 1. The molecule has 2 aliphatic rings. The lowest BCUT2D eigenvalue weighted by Crippen LogP contribution is -2.37. The lowest BCUT2D eigenvalue weighted by Gasteiger charge is -2.30. The number of rotatable bonds is 4. The van der Waals surface area contributed by atoms with E-state index in [0.29, 0.717) is 6.54 Å². The average molecular weight is 325 g/mol.